The van der Waals surface area contributed by atoms with Crippen LogP contribution in [0.1, 0.15) is 55.0 Å². The zero-order valence-corrected chi connectivity index (χ0v) is 20.7. The van der Waals surface area contributed by atoms with E-state index in [1.807, 2.05) is 55.5 Å². The molecule has 2 aromatic heterocycles. The molecule has 7 nitrogen and oxygen atoms in total. The van der Waals surface area contributed by atoms with E-state index in [9.17, 15) is 4.79 Å². The van der Waals surface area contributed by atoms with Gasteiger partial charge in [-0.15, -0.1) is 10.2 Å². The monoisotopic (exact) mass is 478 g/mol. The Morgan fingerprint density at radius 3 is 2.39 bits per heavy atom. The smallest absolute Gasteiger partial charge is 0.257 e. The normalized spacial score (nSPS) is 11.5. The third-order valence-corrected chi connectivity index (χ3v) is 6.46. The Hall–Kier alpha value is -3.17. The quantitative estimate of drug-likeness (QED) is 0.411. The van der Waals surface area contributed by atoms with Crippen molar-refractivity contribution >= 4 is 39.5 Å². The molecule has 1 amide bonds. The lowest BCUT2D eigenvalue weighted by molar-refractivity contribution is 0.0976. The van der Waals surface area contributed by atoms with Crippen molar-refractivity contribution in [2.45, 2.75) is 46.1 Å². The van der Waals surface area contributed by atoms with E-state index >= 15 is 0 Å². The lowest BCUT2D eigenvalue weighted by atomic mass is 9.87. The van der Waals surface area contributed by atoms with Crippen LogP contribution >= 0.6 is 23.6 Å². The molecule has 33 heavy (non-hydrogen) atoms. The molecular formula is C24H26N6OS2. The SMILES string of the molecule is CCc1nnc2sc(-c3ccc(CNC(=S)NC(=O)c4ccc(C(C)(C)C)cc4)cc3)nn12. The van der Waals surface area contributed by atoms with Crippen molar-refractivity contribution in [3.8, 4) is 10.6 Å². The van der Waals surface area contributed by atoms with Crippen LogP contribution in [0.15, 0.2) is 48.5 Å². The number of hydrogen-bond donors (Lipinski definition) is 2. The van der Waals surface area contributed by atoms with Gasteiger partial charge in [-0.25, -0.2) is 0 Å². The van der Waals surface area contributed by atoms with Gasteiger partial charge in [-0.2, -0.15) is 9.61 Å². The average Bonchev–Trinajstić information content (AvgIpc) is 3.38. The largest absolute Gasteiger partial charge is 0.358 e. The van der Waals surface area contributed by atoms with Gasteiger partial charge >= 0.3 is 0 Å². The number of hydrogen-bond acceptors (Lipinski definition) is 6. The number of thiocarbonyl (C=S) groups is 1. The lowest BCUT2D eigenvalue weighted by Crippen LogP contribution is -2.38. The molecule has 0 bridgehead atoms. The van der Waals surface area contributed by atoms with Crippen LogP contribution in [0, 0.1) is 0 Å². The van der Waals surface area contributed by atoms with E-state index in [4.69, 9.17) is 12.2 Å². The van der Waals surface area contributed by atoms with Crippen molar-refractivity contribution in [3.63, 3.8) is 0 Å². The summed E-state index contributed by atoms with van der Waals surface area (Å²) in [4.78, 5) is 13.3. The minimum Gasteiger partial charge on any atom is -0.358 e. The van der Waals surface area contributed by atoms with Crippen LogP contribution < -0.4 is 10.6 Å². The van der Waals surface area contributed by atoms with Crippen molar-refractivity contribution < 1.29 is 4.79 Å². The highest BCUT2D eigenvalue weighted by Crippen LogP contribution is 2.26. The predicted octanol–water partition coefficient (Wildman–Crippen LogP) is 4.52. The topological polar surface area (TPSA) is 84.2 Å². The number of amides is 1. The van der Waals surface area contributed by atoms with Crippen LogP contribution in [0.2, 0.25) is 0 Å². The van der Waals surface area contributed by atoms with Gasteiger partial charge in [-0.3, -0.25) is 10.1 Å². The Balaban J connectivity index is 1.32. The van der Waals surface area contributed by atoms with Gasteiger partial charge in [-0.05, 0) is 40.9 Å². The number of aryl methyl sites for hydroxylation is 1. The molecule has 2 aromatic carbocycles. The van der Waals surface area contributed by atoms with E-state index in [1.54, 1.807) is 4.52 Å². The van der Waals surface area contributed by atoms with Gasteiger partial charge in [0.2, 0.25) is 4.96 Å². The number of carbonyl (C=O) groups excluding carboxylic acids is 1. The minimum absolute atomic E-state index is 0.0436. The van der Waals surface area contributed by atoms with E-state index in [1.165, 1.54) is 16.9 Å². The molecule has 9 heteroatoms. The van der Waals surface area contributed by atoms with Crippen LogP contribution in [0.4, 0.5) is 0 Å². The summed E-state index contributed by atoms with van der Waals surface area (Å²) in [6.07, 6.45) is 0.785. The van der Waals surface area contributed by atoms with Crippen molar-refractivity contribution in [1.29, 1.82) is 0 Å². The molecule has 0 aliphatic carbocycles. The first-order valence-electron chi connectivity index (χ1n) is 10.7. The van der Waals surface area contributed by atoms with E-state index in [2.05, 4.69) is 46.7 Å². The lowest BCUT2D eigenvalue weighted by Gasteiger charge is -2.19. The van der Waals surface area contributed by atoms with E-state index in [0.717, 1.165) is 33.3 Å². The fourth-order valence-electron chi connectivity index (χ4n) is 3.28. The predicted molar refractivity (Wildman–Crippen MR) is 136 cm³/mol. The number of aromatic nitrogens is 4. The summed E-state index contributed by atoms with van der Waals surface area (Å²) < 4.78 is 1.80. The molecule has 0 radical (unpaired) electrons. The van der Waals surface area contributed by atoms with Gasteiger partial charge in [0, 0.05) is 24.1 Å². The Kier molecular flexibility index (Phi) is 6.53. The molecule has 0 atom stereocenters. The molecule has 0 aliphatic rings. The molecule has 0 spiro atoms. The number of fused-ring (bicyclic) bond motifs is 1. The van der Waals surface area contributed by atoms with Gasteiger partial charge in [0.05, 0.1) is 0 Å². The Labute approximate surface area is 202 Å². The summed E-state index contributed by atoms with van der Waals surface area (Å²) in [6.45, 7) is 8.97. The zero-order chi connectivity index (χ0) is 23.6. The molecule has 0 unspecified atom stereocenters. The number of nitrogens with zero attached hydrogens (tertiary/aromatic N) is 4. The number of nitrogens with one attached hydrogen (secondary N) is 2. The Morgan fingerprint density at radius 1 is 1.06 bits per heavy atom. The number of benzene rings is 2. The number of carbonyl (C=O) groups is 1. The van der Waals surface area contributed by atoms with Crippen molar-refractivity contribution in [3.05, 3.63) is 71.0 Å². The first kappa shape index (κ1) is 23.0. The van der Waals surface area contributed by atoms with Crippen LogP contribution in [0.5, 0.6) is 0 Å². The molecule has 2 N–H and O–H groups in total. The molecule has 0 aliphatic heterocycles. The maximum atomic E-state index is 12.5. The molecule has 0 saturated heterocycles. The fourth-order valence-corrected chi connectivity index (χ4v) is 4.31. The van der Waals surface area contributed by atoms with Gasteiger partial charge in [-0.1, -0.05) is 75.4 Å². The minimum atomic E-state index is -0.224. The Bertz CT molecular complexity index is 1280. The number of rotatable bonds is 5. The maximum Gasteiger partial charge on any atom is 0.257 e. The van der Waals surface area contributed by atoms with Crippen molar-refractivity contribution in [1.82, 2.24) is 30.4 Å². The second kappa shape index (κ2) is 9.36. The molecule has 4 rings (SSSR count). The molecule has 0 fully saturated rings. The van der Waals surface area contributed by atoms with Crippen LogP contribution in [0.25, 0.3) is 15.5 Å². The standard InChI is InChI=1S/C24H26N6OS2/c1-5-19-27-28-23-30(19)29-21(33-23)17-8-6-15(7-9-17)14-25-22(32)26-20(31)16-10-12-18(13-11-16)24(2,3)4/h6-13H,5,14H2,1-4H3,(H2,25,26,31,32). The molecular weight excluding hydrogens is 452 g/mol. The molecule has 4 aromatic rings. The molecule has 170 valence electrons. The van der Waals surface area contributed by atoms with Crippen molar-refractivity contribution in [2.75, 3.05) is 0 Å². The average molecular weight is 479 g/mol. The summed E-state index contributed by atoms with van der Waals surface area (Å²) in [7, 11) is 0. The van der Waals surface area contributed by atoms with E-state index < -0.39 is 0 Å². The van der Waals surface area contributed by atoms with Crippen LogP contribution in [0.3, 0.4) is 0 Å². The van der Waals surface area contributed by atoms with Gasteiger partial charge in [0.1, 0.15) is 5.01 Å². The van der Waals surface area contributed by atoms with E-state index in [-0.39, 0.29) is 11.3 Å². The highest BCUT2D eigenvalue weighted by molar-refractivity contribution is 7.80. The first-order valence-corrected chi connectivity index (χ1v) is 12.0. The summed E-state index contributed by atoms with van der Waals surface area (Å²) >= 11 is 6.81. The highest BCUT2D eigenvalue weighted by atomic mass is 32.1. The summed E-state index contributed by atoms with van der Waals surface area (Å²) in [5, 5.41) is 20.0. The maximum absolute atomic E-state index is 12.5. The van der Waals surface area contributed by atoms with Gasteiger partial charge in [0.25, 0.3) is 5.91 Å². The highest BCUT2D eigenvalue weighted by Gasteiger charge is 2.15. The Morgan fingerprint density at radius 2 is 1.76 bits per heavy atom. The fraction of sp³-hybridized carbons (Fsp3) is 0.292. The summed E-state index contributed by atoms with van der Waals surface area (Å²) in [5.74, 6) is 0.632. The summed E-state index contributed by atoms with van der Waals surface area (Å²) in [6, 6.07) is 15.7. The zero-order valence-electron chi connectivity index (χ0n) is 19.0. The van der Waals surface area contributed by atoms with E-state index in [0.29, 0.717) is 17.2 Å². The third-order valence-electron chi connectivity index (χ3n) is 5.27. The van der Waals surface area contributed by atoms with Gasteiger partial charge < -0.3 is 5.32 Å². The first-order chi connectivity index (χ1) is 15.7. The van der Waals surface area contributed by atoms with Gasteiger partial charge in [0.15, 0.2) is 10.9 Å². The molecule has 2 heterocycles. The van der Waals surface area contributed by atoms with Crippen molar-refractivity contribution in [2.24, 2.45) is 0 Å². The second-order valence-corrected chi connectivity index (χ2v) is 10.1. The van der Waals surface area contributed by atoms with Crippen LogP contribution in [-0.4, -0.2) is 30.8 Å². The summed E-state index contributed by atoms with van der Waals surface area (Å²) in [5.41, 5.74) is 3.86. The third kappa shape index (κ3) is 5.26. The molecule has 0 saturated carbocycles. The van der Waals surface area contributed by atoms with Crippen LogP contribution in [-0.2, 0) is 18.4 Å². The second-order valence-electron chi connectivity index (χ2n) is 8.73.